The van der Waals surface area contributed by atoms with Crippen LogP contribution in [0.2, 0.25) is 0 Å². The molecule has 404 valence electrons. The number of unbranched alkanes of at least 4 members (excludes halogenated alkanes) is 8. The van der Waals surface area contributed by atoms with E-state index in [1.165, 1.54) is 93.7 Å². The standard InChI is InChI=1S/C63H69N7O2S6/c1-6-10-13-15-23-42-34-53(74-41(42)5)45-36-54(60(62-61(45)67-78-68-62)55-35-43(50(9-4)75-55)24-16-14-11-7-2)73-33-29-56(71)66-30-21-22-32-70-49-26-18-20-28-52(49)77-58(70)38-47-59(44(39-64)40-65)46(63(47)72)37-57-69(31-12-8-3)48-25-17-19-27-51(48)76-57/h17-20,25-28,34-38,64H,6-16,21-24,29-33H2,1-5H3/p+1. The number of aromatic nitrogens is 3. The molecule has 0 radical (unpaired) electrons. The molecule has 0 fully saturated rings. The summed E-state index contributed by atoms with van der Waals surface area (Å²) in [6, 6.07) is 25.8. The number of nitrogens with one attached hydrogen (secondary N) is 2. The van der Waals surface area contributed by atoms with E-state index < -0.39 is 0 Å². The fourth-order valence-corrected chi connectivity index (χ4v) is 16.7. The molecule has 7 aromatic rings. The zero-order valence-electron chi connectivity index (χ0n) is 45.6. The number of hydrogen-bond acceptors (Lipinski definition) is 13. The fraction of sp³-hybridized carbons (Fsp3) is 0.397. The van der Waals surface area contributed by atoms with Gasteiger partial charge in [-0.15, -0.1) is 34.4 Å². The second kappa shape index (κ2) is 27.6. The molecule has 15 heteroatoms. The van der Waals surface area contributed by atoms with Gasteiger partial charge in [-0.25, -0.2) is 0 Å². The number of hydrogen-bond donors (Lipinski definition) is 2. The Labute approximate surface area is 485 Å². The third-order valence-corrected chi connectivity index (χ3v) is 20.9. The Balaban J connectivity index is 0.889. The predicted molar refractivity (Wildman–Crippen MR) is 333 cm³/mol. The van der Waals surface area contributed by atoms with E-state index in [9.17, 15) is 14.9 Å². The minimum atomic E-state index is -0.145. The Morgan fingerprint density at radius 3 is 2.35 bits per heavy atom. The molecule has 1 amide bonds. The first-order chi connectivity index (χ1) is 38.2. The van der Waals surface area contributed by atoms with Gasteiger partial charge in [-0.05, 0) is 111 Å². The molecule has 2 aliphatic rings. The highest BCUT2D eigenvalue weighted by Crippen LogP contribution is 2.49. The number of carbonyl (C=O) groups excluding carboxylic acids is 2. The first-order valence-corrected chi connectivity index (χ1v) is 33.0. The maximum atomic E-state index is 14.2. The monoisotopic (exact) mass is 1150 g/mol. The number of nitriles is 1. The number of allylic oxidation sites excluding steroid dienone is 5. The zero-order valence-corrected chi connectivity index (χ0v) is 50.5. The predicted octanol–water partition coefficient (Wildman–Crippen LogP) is 17.1. The molecule has 0 atom stereocenters. The van der Waals surface area contributed by atoms with Crippen molar-refractivity contribution in [2.45, 2.75) is 154 Å². The summed E-state index contributed by atoms with van der Waals surface area (Å²) in [5, 5.41) is 23.3. The maximum absolute atomic E-state index is 14.2. The van der Waals surface area contributed by atoms with Crippen molar-refractivity contribution in [1.82, 2.24) is 14.1 Å². The van der Waals surface area contributed by atoms with Gasteiger partial charge in [0.25, 0.3) is 5.01 Å². The average Bonchev–Trinajstić information content (AvgIpc) is 4.47. The lowest BCUT2D eigenvalue weighted by molar-refractivity contribution is -0.669. The molecule has 9 rings (SSSR count). The van der Waals surface area contributed by atoms with E-state index >= 15 is 0 Å². The van der Waals surface area contributed by atoms with Crippen molar-refractivity contribution in [3.63, 3.8) is 0 Å². The van der Waals surface area contributed by atoms with E-state index in [1.54, 1.807) is 34.9 Å². The Morgan fingerprint density at radius 2 is 1.58 bits per heavy atom. The number of fused-ring (bicyclic) bond motifs is 3. The van der Waals surface area contributed by atoms with Gasteiger partial charge in [-0.2, -0.15) is 18.6 Å². The zero-order chi connectivity index (χ0) is 54.5. The summed E-state index contributed by atoms with van der Waals surface area (Å²) >= 11 is 10.0. The highest BCUT2D eigenvalue weighted by molar-refractivity contribution is 8.03. The molecule has 0 saturated heterocycles. The molecule has 1 aliphatic heterocycles. The van der Waals surface area contributed by atoms with Crippen LogP contribution in [-0.4, -0.2) is 45.1 Å². The van der Waals surface area contributed by atoms with Gasteiger partial charge in [0, 0.05) is 101 Å². The van der Waals surface area contributed by atoms with Crippen molar-refractivity contribution in [2.24, 2.45) is 0 Å². The van der Waals surface area contributed by atoms with E-state index in [0.29, 0.717) is 42.0 Å². The normalized spacial score (nSPS) is 14.3. The summed E-state index contributed by atoms with van der Waals surface area (Å²) in [7, 11) is 0. The number of Topliss-reactive ketones (excluding diaryl/α,β-unsaturated/α-hetero) is 1. The lowest BCUT2D eigenvalue weighted by Crippen LogP contribution is -2.36. The van der Waals surface area contributed by atoms with Gasteiger partial charge < -0.3 is 10.2 Å². The molecule has 9 nitrogen and oxygen atoms in total. The molecule has 0 spiro atoms. The first-order valence-electron chi connectivity index (χ1n) is 28.0. The van der Waals surface area contributed by atoms with Crippen molar-refractivity contribution in [1.29, 1.82) is 10.7 Å². The van der Waals surface area contributed by atoms with Gasteiger partial charge in [0.1, 0.15) is 27.4 Å². The number of amides is 1. The summed E-state index contributed by atoms with van der Waals surface area (Å²) in [6.45, 7) is 13.3. The van der Waals surface area contributed by atoms with Crippen molar-refractivity contribution < 1.29 is 14.2 Å². The molecule has 4 aromatic heterocycles. The number of thiophene rings is 2. The number of benzene rings is 3. The second-order valence-corrected chi connectivity index (χ2v) is 26.2. The summed E-state index contributed by atoms with van der Waals surface area (Å²) < 4.78 is 13.3. The third kappa shape index (κ3) is 12.9. The van der Waals surface area contributed by atoms with Gasteiger partial charge in [-0.1, -0.05) is 120 Å². The number of para-hydroxylation sites is 2. The van der Waals surface area contributed by atoms with Gasteiger partial charge in [0.05, 0.1) is 22.4 Å². The molecule has 2 N–H and O–H groups in total. The van der Waals surface area contributed by atoms with Crippen LogP contribution in [0.3, 0.4) is 0 Å². The van der Waals surface area contributed by atoms with Crippen LogP contribution in [-0.2, 0) is 35.4 Å². The van der Waals surface area contributed by atoms with E-state index in [0.717, 1.165) is 109 Å². The maximum Gasteiger partial charge on any atom is 0.263 e. The smallest absolute Gasteiger partial charge is 0.263 e. The number of anilines is 1. The number of thioether (sulfide) groups is 2. The quantitative estimate of drug-likeness (QED) is 0.0124. The largest absolute Gasteiger partial charge is 0.356 e. The van der Waals surface area contributed by atoms with E-state index in [1.807, 2.05) is 59.1 Å². The van der Waals surface area contributed by atoms with Crippen LogP contribution in [0.15, 0.2) is 110 Å². The molecule has 0 saturated carbocycles. The Bertz CT molecular complexity index is 3500. The van der Waals surface area contributed by atoms with Crippen molar-refractivity contribution >= 4 is 120 Å². The molecule has 5 heterocycles. The molecule has 0 unspecified atom stereocenters. The minimum absolute atomic E-state index is 0.0367. The van der Waals surface area contributed by atoms with E-state index in [2.05, 4.69) is 104 Å². The number of aryl methyl sites for hydroxylation is 5. The highest BCUT2D eigenvalue weighted by Gasteiger charge is 2.38. The van der Waals surface area contributed by atoms with Gasteiger partial charge >= 0.3 is 0 Å². The van der Waals surface area contributed by atoms with E-state index in [4.69, 9.17) is 14.2 Å². The number of thiazole rings is 1. The SMILES string of the molecule is CCCCCCc1cc(-c2cc(SCCC(=O)NCCCC[n+]3c(/C=C4/C(=O)C(/C=C5\Sc6ccccc6N5CCCC)=C4C(=C=N)C#N)sc4ccccc43)c(-c3cc(CCCCCC)c(CC)s3)c3nsnc23)sc1C. The average molecular weight is 1150 g/mol. The minimum Gasteiger partial charge on any atom is -0.356 e. The molecule has 1 aliphatic carbocycles. The van der Waals surface area contributed by atoms with Crippen LogP contribution in [0.25, 0.3) is 48.2 Å². The van der Waals surface area contributed by atoms with Crippen LogP contribution >= 0.6 is 69.3 Å². The van der Waals surface area contributed by atoms with Crippen molar-refractivity contribution in [2.75, 3.05) is 23.7 Å². The van der Waals surface area contributed by atoms with Gasteiger partial charge in [-0.3, -0.25) is 15.0 Å². The number of rotatable bonds is 28. The summed E-state index contributed by atoms with van der Waals surface area (Å²) in [6.07, 6.45) is 20.9. The number of carbonyl (C=O) groups is 2. The Kier molecular flexibility index (Phi) is 20.3. The van der Waals surface area contributed by atoms with Crippen molar-refractivity contribution in [3.05, 3.63) is 126 Å². The Hall–Kier alpha value is -5.43. The summed E-state index contributed by atoms with van der Waals surface area (Å²) in [5.41, 5.74) is 10.7. The lowest BCUT2D eigenvalue weighted by Gasteiger charge is -2.25. The van der Waals surface area contributed by atoms with Gasteiger partial charge in [0.2, 0.25) is 11.4 Å². The lowest BCUT2D eigenvalue weighted by atomic mass is 9.77. The molecular weight excluding hydrogens is 1080 g/mol. The molecular formula is C63H70N7O2S6+. The van der Waals surface area contributed by atoms with Crippen LogP contribution in [0.4, 0.5) is 5.69 Å². The summed E-state index contributed by atoms with van der Waals surface area (Å²) in [4.78, 5) is 37.7. The Morgan fingerprint density at radius 1 is 0.833 bits per heavy atom. The molecule has 0 bridgehead atoms. The number of ketones is 1. The van der Waals surface area contributed by atoms with Crippen LogP contribution in [0, 0.1) is 23.7 Å². The van der Waals surface area contributed by atoms with Crippen LogP contribution < -0.4 is 14.8 Å². The van der Waals surface area contributed by atoms with Gasteiger partial charge in [0.15, 0.2) is 12.3 Å². The molecule has 3 aromatic carbocycles. The number of nitrogens with zero attached hydrogens (tertiary/aromatic N) is 5. The van der Waals surface area contributed by atoms with Crippen LogP contribution in [0.5, 0.6) is 0 Å². The fourth-order valence-electron chi connectivity index (χ4n) is 10.4. The third-order valence-electron chi connectivity index (χ3n) is 14.6. The van der Waals surface area contributed by atoms with E-state index in [-0.39, 0.29) is 17.3 Å². The van der Waals surface area contributed by atoms with Crippen molar-refractivity contribution in [3.8, 4) is 27.0 Å². The second-order valence-electron chi connectivity index (χ2n) is 20.0. The topological polar surface area (TPSA) is 127 Å². The molecule has 78 heavy (non-hydrogen) atoms. The van der Waals surface area contributed by atoms with Crippen LogP contribution in [0.1, 0.15) is 137 Å². The summed E-state index contributed by atoms with van der Waals surface area (Å²) in [5.74, 6) is 2.86. The highest BCUT2D eigenvalue weighted by atomic mass is 32.2. The first kappa shape index (κ1) is 57.3.